The number of carbonyl (C=O) groups is 1. The standard InChI is InChI=1S/C16H10Cl2N2O/c17-11-5-3-4-10(8-11)9-14-16(21)20-15(19-14)12-6-1-2-7-13(12)18/h1-9H,(H,19,20,21). The van der Waals surface area contributed by atoms with E-state index in [0.29, 0.717) is 27.1 Å². The van der Waals surface area contributed by atoms with E-state index < -0.39 is 0 Å². The average molecular weight is 317 g/mol. The Labute approximate surface area is 131 Å². The second kappa shape index (κ2) is 5.72. The maximum Gasteiger partial charge on any atom is 0.275 e. The number of nitrogens with zero attached hydrogens (tertiary/aromatic N) is 1. The second-order valence-corrected chi connectivity index (χ2v) is 5.32. The summed E-state index contributed by atoms with van der Waals surface area (Å²) in [5.74, 6) is 0.198. The summed E-state index contributed by atoms with van der Waals surface area (Å²) in [4.78, 5) is 16.3. The van der Waals surface area contributed by atoms with E-state index in [9.17, 15) is 4.79 Å². The van der Waals surface area contributed by atoms with Gasteiger partial charge in [0.05, 0.1) is 5.02 Å². The first-order chi connectivity index (χ1) is 10.1. The van der Waals surface area contributed by atoms with Crippen molar-refractivity contribution in [2.24, 2.45) is 4.99 Å². The SMILES string of the molecule is O=C1NC(c2ccccc2Cl)=NC1=Cc1cccc(Cl)c1. The first-order valence-electron chi connectivity index (χ1n) is 6.26. The molecule has 104 valence electrons. The van der Waals surface area contributed by atoms with Gasteiger partial charge in [-0.25, -0.2) is 4.99 Å². The van der Waals surface area contributed by atoms with Crippen molar-refractivity contribution >= 4 is 41.0 Å². The number of halogens is 2. The second-order valence-electron chi connectivity index (χ2n) is 4.48. The van der Waals surface area contributed by atoms with E-state index in [1.807, 2.05) is 30.3 Å². The number of aliphatic imine (C=N–C) groups is 1. The molecule has 3 rings (SSSR count). The third kappa shape index (κ3) is 2.99. The van der Waals surface area contributed by atoms with E-state index in [1.54, 1.807) is 24.3 Å². The Kier molecular flexibility index (Phi) is 3.78. The highest BCUT2D eigenvalue weighted by Gasteiger charge is 2.22. The Morgan fingerprint density at radius 2 is 1.86 bits per heavy atom. The molecule has 2 aromatic rings. The van der Waals surface area contributed by atoms with E-state index in [2.05, 4.69) is 10.3 Å². The van der Waals surface area contributed by atoms with Gasteiger partial charge >= 0.3 is 0 Å². The molecule has 0 spiro atoms. The van der Waals surface area contributed by atoms with Gasteiger partial charge in [0.1, 0.15) is 11.5 Å². The lowest BCUT2D eigenvalue weighted by atomic mass is 10.2. The van der Waals surface area contributed by atoms with Crippen molar-refractivity contribution < 1.29 is 4.79 Å². The van der Waals surface area contributed by atoms with E-state index in [1.165, 1.54) is 0 Å². The van der Waals surface area contributed by atoms with Gasteiger partial charge in [-0.1, -0.05) is 47.5 Å². The van der Waals surface area contributed by atoms with Crippen LogP contribution in [0.15, 0.2) is 59.2 Å². The summed E-state index contributed by atoms with van der Waals surface area (Å²) in [7, 11) is 0. The first kappa shape index (κ1) is 13.9. The molecule has 1 heterocycles. The molecule has 0 saturated carbocycles. The van der Waals surface area contributed by atoms with Gasteiger partial charge in [0.25, 0.3) is 5.91 Å². The summed E-state index contributed by atoms with van der Waals surface area (Å²) in [5.41, 5.74) is 1.84. The first-order valence-corrected chi connectivity index (χ1v) is 7.01. The summed E-state index contributed by atoms with van der Waals surface area (Å²) in [6, 6.07) is 14.4. The van der Waals surface area contributed by atoms with Gasteiger partial charge in [0, 0.05) is 10.6 Å². The fourth-order valence-electron chi connectivity index (χ4n) is 2.00. The fraction of sp³-hybridized carbons (Fsp3) is 0. The van der Waals surface area contributed by atoms with Crippen molar-refractivity contribution in [3.63, 3.8) is 0 Å². The van der Waals surface area contributed by atoms with Crippen LogP contribution >= 0.6 is 23.2 Å². The lowest BCUT2D eigenvalue weighted by Crippen LogP contribution is -2.24. The van der Waals surface area contributed by atoms with Gasteiger partial charge in [-0.05, 0) is 35.9 Å². The summed E-state index contributed by atoms with van der Waals surface area (Å²) in [5, 5.41) is 3.87. The van der Waals surface area contributed by atoms with Crippen LogP contribution in [0.25, 0.3) is 6.08 Å². The zero-order valence-electron chi connectivity index (χ0n) is 10.8. The van der Waals surface area contributed by atoms with Crippen LogP contribution in [-0.4, -0.2) is 11.7 Å². The Morgan fingerprint density at radius 1 is 1.05 bits per heavy atom. The zero-order valence-corrected chi connectivity index (χ0v) is 12.3. The molecule has 0 radical (unpaired) electrons. The van der Waals surface area contributed by atoms with Gasteiger partial charge in [-0.3, -0.25) is 4.79 Å². The van der Waals surface area contributed by atoms with Crippen molar-refractivity contribution in [3.8, 4) is 0 Å². The van der Waals surface area contributed by atoms with Gasteiger partial charge in [-0.2, -0.15) is 0 Å². The molecule has 0 unspecified atom stereocenters. The molecule has 0 atom stereocenters. The lowest BCUT2D eigenvalue weighted by molar-refractivity contribution is -0.115. The van der Waals surface area contributed by atoms with E-state index in [4.69, 9.17) is 23.2 Å². The van der Waals surface area contributed by atoms with E-state index in [-0.39, 0.29) is 5.91 Å². The van der Waals surface area contributed by atoms with E-state index >= 15 is 0 Å². The van der Waals surface area contributed by atoms with Crippen molar-refractivity contribution in [1.82, 2.24) is 5.32 Å². The predicted octanol–water partition coefficient (Wildman–Crippen LogP) is 3.91. The smallest absolute Gasteiger partial charge is 0.275 e. The Hall–Kier alpha value is -2.10. The molecule has 1 amide bonds. The number of hydrogen-bond donors (Lipinski definition) is 1. The van der Waals surface area contributed by atoms with Crippen LogP contribution in [0.1, 0.15) is 11.1 Å². The monoisotopic (exact) mass is 316 g/mol. The minimum atomic E-state index is -0.259. The molecule has 0 fully saturated rings. The average Bonchev–Trinajstić information content (AvgIpc) is 2.80. The fourth-order valence-corrected chi connectivity index (χ4v) is 2.43. The minimum absolute atomic E-state index is 0.259. The Balaban J connectivity index is 1.98. The van der Waals surface area contributed by atoms with E-state index in [0.717, 1.165) is 5.56 Å². The normalized spacial score (nSPS) is 16.0. The van der Waals surface area contributed by atoms with Crippen molar-refractivity contribution in [3.05, 3.63) is 75.4 Å². The topological polar surface area (TPSA) is 41.5 Å². The largest absolute Gasteiger partial charge is 0.305 e. The van der Waals surface area contributed by atoms with Crippen LogP contribution in [0.3, 0.4) is 0 Å². The number of rotatable bonds is 2. The van der Waals surface area contributed by atoms with Crippen LogP contribution in [-0.2, 0) is 4.79 Å². The summed E-state index contributed by atoms with van der Waals surface area (Å²) < 4.78 is 0. The molecule has 1 N–H and O–H groups in total. The molecule has 5 heteroatoms. The van der Waals surface area contributed by atoms with Crippen molar-refractivity contribution in [2.75, 3.05) is 0 Å². The Bertz CT molecular complexity index is 781. The maximum absolute atomic E-state index is 12.0. The van der Waals surface area contributed by atoms with Gasteiger partial charge in [0.2, 0.25) is 0 Å². The molecule has 1 aliphatic heterocycles. The van der Waals surface area contributed by atoms with Crippen LogP contribution in [0, 0.1) is 0 Å². The van der Waals surface area contributed by atoms with Gasteiger partial charge in [0.15, 0.2) is 0 Å². The molecule has 0 saturated heterocycles. The Morgan fingerprint density at radius 3 is 2.62 bits per heavy atom. The number of carbonyl (C=O) groups excluding carboxylic acids is 1. The van der Waals surface area contributed by atoms with Crippen molar-refractivity contribution in [1.29, 1.82) is 0 Å². The molecule has 3 nitrogen and oxygen atoms in total. The van der Waals surface area contributed by atoms with Gasteiger partial charge in [-0.15, -0.1) is 0 Å². The van der Waals surface area contributed by atoms with Gasteiger partial charge < -0.3 is 5.32 Å². The molecule has 2 aromatic carbocycles. The maximum atomic E-state index is 12.0. The molecule has 0 bridgehead atoms. The molecule has 0 aliphatic carbocycles. The summed E-state index contributed by atoms with van der Waals surface area (Å²) in [6.45, 7) is 0. The summed E-state index contributed by atoms with van der Waals surface area (Å²) >= 11 is 12.0. The minimum Gasteiger partial charge on any atom is -0.305 e. The zero-order chi connectivity index (χ0) is 14.8. The summed E-state index contributed by atoms with van der Waals surface area (Å²) in [6.07, 6.45) is 1.69. The third-order valence-electron chi connectivity index (χ3n) is 2.98. The molecular weight excluding hydrogens is 307 g/mol. The highest BCUT2D eigenvalue weighted by molar-refractivity contribution is 6.35. The lowest BCUT2D eigenvalue weighted by Gasteiger charge is -2.01. The quantitative estimate of drug-likeness (QED) is 0.838. The molecule has 0 aromatic heterocycles. The highest BCUT2D eigenvalue weighted by atomic mass is 35.5. The number of benzene rings is 2. The molecular formula is C16H10Cl2N2O. The third-order valence-corrected chi connectivity index (χ3v) is 3.54. The number of amidine groups is 1. The van der Waals surface area contributed by atoms with Crippen LogP contribution < -0.4 is 5.32 Å². The van der Waals surface area contributed by atoms with Crippen molar-refractivity contribution in [2.45, 2.75) is 0 Å². The number of nitrogens with one attached hydrogen (secondary N) is 1. The van der Waals surface area contributed by atoms with Crippen LogP contribution in [0.5, 0.6) is 0 Å². The van der Waals surface area contributed by atoms with Crippen LogP contribution in [0.2, 0.25) is 10.0 Å². The molecule has 1 aliphatic rings. The highest BCUT2D eigenvalue weighted by Crippen LogP contribution is 2.21. The number of amides is 1. The molecule has 21 heavy (non-hydrogen) atoms. The number of hydrogen-bond acceptors (Lipinski definition) is 2. The van der Waals surface area contributed by atoms with Crippen LogP contribution in [0.4, 0.5) is 0 Å². The predicted molar refractivity (Wildman–Crippen MR) is 85.6 cm³/mol.